The minimum Gasteiger partial charge on any atom is -0.324 e. The van der Waals surface area contributed by atoms with Gasteiger partial charge in [-0.25, -0.2) is 0 Å². The topological polar surface area (TPSA) is 41.1 Å². The summed E-state index contributed by atoms with van der Waals surface area (Å²) in [5, 5.41) is 6.29. The second-order valence-electron chi connectivity index (χ2n) is 5.29. The van der Waals surface area contributed by atoms with Crippen molar-refractivity contribution in [1.29, 1.82) is 0 Å². The zero-order valence-electron chi connectivity index (χ0n) is 11.8. The van der Waals surface area contributed by atoms with Gasteiger partial charge < -0.3 is 10.6 Å². The molecule has 2 N–H and O–H groups in total. The Kier molecular flexibility index (Phi) is 4.08. The number of benzene rings is 2. The first-order valence-electron chi connectivity index (χ1n) is 7.03. The molecule has 4 heteroatoms. The van der Waals surface area contributed by atoms with Crippen LogP contribution >= 0.6 is 15.9 Å². The van der Waals surface area contributed by atoms with E-state index in [9.17, 15) is 4.79 Å². The van der Waals surface area contributed by atoms with Crippen molar-refractivity contribution >= 4 is 27.5 Å². The molecule has 1 aliphatic heterocycles. The van der Waals surface area contributed by atoms with Crippen molar-refractivity contribution in [3.63, 3.8) is 0 Å². The molecule has 3 nitrogen and oxygen atoms in total. The highest BCUT2D eigenvalue weighted by Gasteiger charge is 2.25. The fraction of sp³-hybridized carbons (Fsp3) is 0.235. The summed E-state index contributed by atoms with van der Waals surface area (Å²) in [5.74, 6) is -0.0158. The number of nitrogens with one attached hydrogen (secondary N) is 2. The van der Waals surface area contributed by atoms with Crippen molar-refractivity contribution in [2.24, 2.45) is 0 Å². The van der Waals surface area contributed by atoms with Gasteiger partial charge in [0.25, 0.3) is 0 Å². The summed E-state index contributed by atoms with van der Waals surface area (Å²) in [6, 6.07) is 13.7. The molecule has 1 heterocycles. The smallest absolute Gasteiger partial charge is 0.246 e. The maximum Gasteiger partial charge on any atom is 0.246 e. The summed E-state index contributed by atoms with van der Waals surface area (Å²) >= 11 is 3.49. The van der Waals surface area contributed by atoms with E-state index in [1.165, 1.54) is 5.56 Å². The zero-order valence-corrected chi connectivity index (χ0v) is 13.4. The van der Waals surface area contributed by atoms with Crippen molar-refractivity contribution in [2.45, 2.75) is 19.4 Å². The number of amides is 1. The van der Waals surface area contributed by atoms with Crippen molar-refractivity contribution in [3.05, 3.63) is 63.6 Å². The van der Waals surface area contributed by atoms with Crippen molar-refractivity contribution < 1.29 is 4.79 Å². The van der Waals surface area contributed by atoms with E-state index in [2.05, 4.69) is 32.6 Å². The Morgan fingerprint density at radius 2 is 2.10 bits per heavy atom. The van der Waals surface area contributed by atoms with E-state index in [1.807, 2.05) is 43.3 Å². The molecule has 1 amide bonds. The standard InChI is InChI=1S/C17H17BrN2O/c1-11-6-7-13(10-15(11)18)20-17(21)16-14-5-3-2-4-12(14)8-9-19-16/h2-7,10,16,19H,8-9H2,1H3,(H,20,21). The van der Waals surface area contributed by atoms with Gasteiger partial charge >= 0.3 is 0 Å². The molecule has 108 valence electrons. The summed E-state index contributed by atoms with van der Waals surface area (Å²) in [7, 11) is 0. The number of hydrogen-bond donors (Lipinski definition) is 2. The van der Waals surface area contributed by atoms with Crippen LogP contribution in [0, 0.1) is 6.92 Å². The summed E-state index contributed by atoms with van der Waals surface area (Å²) in [6.07, 6.45) is 0.968. The van der Waals surface area contributed by atoms with E-state index < -0.39 is 0 Å². The van der Waals surface area contributed by atoms with Crippen LogP contribution in [0.4, 0.5) is 5.69 Å². The predicted molar refractivity (Wildman–Crippen MR) is 88.4 cm³/mol. The van der Waals surface area contributed by atoms with E-state index in [4.69, 9.17) is 0 Å². The fourth-order valence-electron chi connectivity index (χ4n) is 2.62. The maximum atomic E-state index is 12.5. The highest BCUT2D eigenvalue weighted by atomic mass is 79.9. The van der Waals surface area contributed by atoms with Crippen LogP contribution in [0.25, 0.3) is 0 Å². The number of hydrogen-bond acceptors (Lipinski definition) is 2. The van der Waals surface area contributed by atoms with Crippen LogP contribution in [0.5, 0.6) is 0 Å². The minimum absolute atomic E-state index is 0.0158. The zero-order chi connectivity index (χ0) is 14.8. The highest BCUT2D eigenvalue weighted by Crippen LogP contribution is 2.25. The predicted octanol–water partition coefficient (Wildman–Crippen LogP) is 3.58. The Balaban J connectivity index is 1.81. The molecule has 21 heavy (non-hydrogen) atoms. The van der Waals surface area contributed by atoms with Crippen LogP contribution in [0.3, 0.4) is 0 Å². The third-order valence-electron chi connectivity index (χ3n) is 3.81. The second-order valence-corrected chi connectivity index (χ2v) is 6.14. The summed E-state index contributed by atoms with van der Waals surface area (Å²) in [6.45, 7) is 2.85. The molecule has 0 aliphatic carbocycles. The molecular weight excluding hydrogens is 328 g/mol. The average Bonchev–Trinajstić information content (AvgIpc) is 2.50. The number of halogens is 1. The minimum atomic E-state index is -0.282. The number of aryl methyl sites for hydroxylation is 1. The van der Waals surface area contributed by atoms with E-state index in [-0.39, 0.29) is 11.9 Å². The average molecular weight is 345 g/mol. The second kappa shape index (κ2) is 6.00. The molecule has 1 unspecified atom stereocenters. The summed E-state index contributed by atoms with van der Waals surface area (Å²) in [5.41, 5.74) is 4.28. The fourth-order valence-corrected chi connectivity index (χ4v) is 3.00. The molecule has 0 fully saturated rings. The van der Waals surface area contributed by atoms with Gasteiger partial charge in [0.05, 0.1) is 0 Å². The van der Waals surface area contributed by atoms with Gasteiger partial charge in [0.2, 0.25) is 5.91 Å². The van der Waals surface area contributed by atoms with Crippen molar-refractivity contribution in [2.75, 3.05) is 11.9 Å². The van der Waals surface area contributed by atoms with Gasteiger partial charge in [0, 0.05) is 16.7 Å². The molecule has 0 bridgehead atoms. The first-order chi connectivity index (χ1) is 10.1. The molecule has 1 aliphatic rings. The first kappa shape index (κ1) is 14.3. The molecule has 2 aromatic rings. The van der Waals surface area contributed by atoms with Crippen LogP contribution in [0.15, 0.2) is 46.9 Å². The number of carbonyl (C=O) groups is 1. The van der Waals surface area contributed by atoms with E-state index in [1.54, 1.807) is 0 Å². The van der Waals surface area contributed by atoms with Crippen molar-refractivity contribution in [3.8, 4) is 0 Å². The first-order valence-corrected chi connectivity index (χ1v) is 7.82. The molecular formula is C17H17BrN2O. The Bertz CT molecular complexity index is 684. The lowest BCUT2D eigenvalue weighted by Crippen LogP contribution is -2.38. The number of rotatable bonds is 2. The normalized spacial score (nSPS) is 17.1. The third kappa shape index (κ3) is 3.01. The Morgan fingerprint density at radius 3 is 2.90 bits per heavy atom. The lowest BCUT2D eigenvalue weighted by Gasteiger charge is -2.26. The summed E-state index contributed by atoms with van der Waals surface area (Å²) in [4.78, 5) is 12.5. The lowest BCUT2D eigenvalue weighted by atomic mass is 9.94. The Hall–Kier alpha value is -1.65. The van der Waals surface area contributed by atoms with Gasteiger partial charge in [-0.3, -0.25) is 4.79 Å². The molecule has 0 radical (unpaired) electrons. The van der Waals surface area contributed by atoms with Gasteiger partial charge in [0.1, 0.15) is 6.04 Å². The maximum absolute atomic E-state index is 12.5. The highest BCUT2D eigenvalue weighted by molar-refractivity contribution is 9.10. The van der Waals surface area contributed by atoms with Gasteiger partial charge in [-0.1, -0.05) is 46.3 Å². The van der Waals surface area contributed by atoms with Gasteiger partial charge in [-0.05, 0) is 42.2 Å². The molecule has 3 rings (SSSR count). The molecule has 0 spiro atoms. The van der Waals surface area contributed by atoms with E-state index in [0.717, 1.165) is 34.3 Å². The SMILES string of the molecule is Cc1ccc(NC(=O)C2NCCc3ccccc32)cc1Br. The quantitative estimate of drug-likeness (QED) is 0.874. The molecule has 2 aromatic carbocycles. The van der Waals surface area contributed by atoms with Gasteiger partial charge in [-0.2, -0.15) is 0 Å². The molecule has 0 aromatic heterocycles. The molecule has 0 saturated heterocycles. The monoisotopic (exact) mass is 344 g/mol. The van der Waals surface area contributed by atoms with Crippen LogP contribution in [-0.2, 0) is 11.2 Å². The van der Waals surface area contributed by atoms with Gasteiger partial charge in [0.15, 0.2) is 0 Å². The van der Waals surface area contributed by atoms with Crippen LogP contribution in [0.1, 0.15) is 22.7 Å². The van der Waals surface area contributed by atoms with E-state index >= 15 is 0 Å². The summed E-state index contributed by atoms with van der Waals surface area (Å²) < 4.78 is 0.998. The van der Waals surface area contributed by atoms with Gasteiger partial charge in [-0.15, -0.1) is 0 Å². The molecule has 0 saturated carbocycles. The van der Waals surface area contributed by atoms with Crippen LogP contribution < -0.4 is 10.6 Å². The Labute approximate surface area is 132 Å². The number of fused-ring (bicyclic) bond motifs is 1. The largest absolute Gasteiger partial charge is 0.324 e. The van der Waals surface area contributed by atoms with Crippen LogP contribution in [-0.4, -0.2) is 12.5 Å². The van der Waals surface area contributed by atoms with Crippen LogP contribution in [0.2, 0.25) is 0 Å². The Morgan fingerprint density at radius 1 is 1.29 bits per heavy atom. The number of carbonyl (C=O) groups excluding carboxylic acids is 1. The lowest BCUT2D eigenvalue weighted by molar-refractivity contribution is -0.118. The number of anilines is 1. The van der Waals surface area contributed by atoms with E-state index in [0.29, 0.717) is 0 Å². The third-order valence-corrected chi connectivity index (χ3v) is 4.66. The van der Waals surface area contributed by atoms with Crippen molar-refractivity contribution in [1.82, 2.24) is 5.32 Å². The molecule has 1 atom stereocenters.